The number of amides is 2. The molecule has 2 saturated heterocycles. The molecule has 2 bridgehead atoms. The fraction of sp³-hybridized carbons (Fsp3) is 0.344. The van der Waals surface area contributed by atoms with Crippen molar-refractivity contribution in [2.24, 2.45) is 11.8 Å². The Morgan fingerprint density at radius 2 is 1.57 bits per heavy atom. The Morgan fingerprint density at radius 3 is 2.20 bits per heavy atom. The largest absolute Gasteiger partial charge is 0.481 e. The number of carboxylic acids is 1. The average Bonchev–Trinajstić information content (AvgIpc) is 3.65. The van der Waals surface area contributed by atoms with Gasteiger partial charge in [-0.05, 0) is 47.1 Å². The van der Waals surface area contributed by atoms with Crippen LogP contribution >= 0.6 is 0 Å². The number of nitrogens with one attached hydrogen (secondary N) is 1. The van der Waals surface area contributed by atoms with Gasteiger partial charge in [-0.3, -0.25) is 9.59 Å². The molecule has 3 aromatic rings. The maximum absolute atomic E-state index is 13.7. The molecule has 2 aliphatic heterocycles. The van der Waals surface area contributed by atoms with E-state index < -0.39 is 30.1 Å². The third-order valence-corrected chi connectivity index (χ3v) is 8.57. The van der Waals surface area contributed by atoms with E-state index in [1.165, 1.54) is 0 Å². The minimum Gasteiger partial charge on any atom is -0.481 e. The van der Waals surface area contributed by atoms with Crippen LogP contribution in [-0.2, 0) is 25.7 Å². The molecule has 7 rings (SSSR count). The highest BCUT2D eigenvalue weighted by Gasteiger charge is 2.58. The van der Waals surface area contributed by atoms with E-state index >= 15 is 0 Å². The zero-order chi connectivity index (χ0) is 27.8. The summed E-state index contributed by atoms with van der Waals surface area (Å²) in [7, 11) is 0. The predicted molar refractivity (Wildman–Crippen MR) is 147 cm³/mol. The van der Waals surface area contributed by atoms with Crippen LogP contribution in [0.3, 0.4) is 0 Å². The summed E-state index contributed by atoms with van der Waals surface area (Å²) >= 11 is 0. The second-order valence-corrected chi connectivity index (χ2v) is 10.9. The average molecular weight is 541 g/mol. The quantitative estimate of drug-likeness (QED) is 0.416. The smallest absolute Gasteiger partial charge is 0.407 e. The van der Waals surface area contributed by atoms with Crippen LogP contribution < -0.4 is 5.32 Å². The van der Waals surface area contributed by atoms with Crippen LogP contribution in [0.15, 0.2) is 78.9 Å². The molecule has 2 aliphatic carbocycles. The number of nitrogens with zero attached hydrogens (tertiary/aromatic N) is 1. The van der Waals surface area contributed by atoms with Gasteiger partial charge in [-0.25, -0.2) is 4.79 Å². The molecule has 0 aromatic heterocycles. The SMILES string of the molecule is CC(OCc1ccccc1)C(NC(=O)OCC1c2ccccc2-c2ccccc21)C(=O)N1CC2CC1C2C(=O)O. The third-order valence-electron chi connectivity index (χ3n) is 8.57. The second-order valence-electron chi connectivity index (χ2n) is 10.9. The van der Waals surface area contributed by atoms with Gasteiger partial charge in [0.15, 0.2) is 0 Å². The molecule has 0 spiro atoms. The van der Waals surface area contributed by atoms with Gasteiger partial charge in [0.2, 0.25) is 5.91 Å². The molecular formula is C32H32N2O6. The number of benzene rings is 3. The lowest BCUT2D eigenvalue weighted by Gasteiger charge is -2.35. The molecule has 3 aromatic carbocycles. The topological polar surface area (TPSA) is 105 Å². The minimum absolute atomic E-state index is 0.0536. The van der Waals surface area contributed by atoms with Crippen LogP contribution in [0.5, 0.6) is 0 Å². The first-order chi connectivity index (χ1) is 19.4. The number of alkyl carbamates (subject to hydrolysis) is 1. The molecule has 4 aliphatic rings. The summed E-state index contributed by atoms with van der Waals surface area (Å²) < 4.78 is 11.8. The molecule has 8 nitrogen and oxygen atoms in total. The lowest BCUT2D eigenvalue weighted by molar-refractivity contribution is -0.149. The predicted octanol–water partition coefficient (Wildman–Crippen LogP) is 4.43. The molecule has 40 heavy (non-hydrogen) atoms. The van der Waals surface area contributed by atoms with E-state index in [0.717, 1.165) is 27.8 Å². The van der Waals surface area contributed by atoms with Gasteiger partial charge in [0.05, 0.1) is 18.6 Å². The van der Waals surface area contributed by atoms with E-state index in [1.807, 2.05) is 66.7 Å². The summed E-state index contributed by atoms with van der Waals surface area (Å²) in [6, 6.07) is 24.4. The summed E-state index contributed by atoms with van der Waals surface area (Å²) in [4.78, 5) is 40.1. The zero-order valence-corrected chi connectivity index (χ0v) is 22.2. The first-order valence-electron chi connectivity index (χ1n) is 13.7. The van der Waals surface area contributed by atoms with Gasteiger partial charge in [-0.2, -0.15) is 0 Å². The lowest BCUT2D eigenvalue weighted by Crippen LogP contribution is -2.56. The second kappa shape index (κ2) is 10.8. The van der Waals surface area contributed by atoms with Crippen molar-refractivity contribution in [1.82, 2.24) is 10.2 Å². The Morgan fingerprint density at radius 1 is 0.950 bits per heavy atom. The molecule has 8 heteroatoms. The minimum atomic E-state index is -1.02. The Bertz CT molecular complexity index is 1380. The first-order valence-corrected chi connectivity index (χ1v) is 13.7. The van der Waals surface area contributed by atoms with Crippen molar-refractivity contribution in [2.45, 2.75) is 44.1 Å². The first kappa shape index (κ1) is 26.1. The summed E-state index contributed by atoms with van der Waals surface area (Å²) in [5, 5.41) is 12.3. The highest BCUT2D eigenvalue weighted by molar-refractivity contribution is 5.88. The van der Waals surface area contributed by atoms with E-state index in [2.05, 4.69) is 17.4 Å². The van der Waals surface area contributed by atoms with Crippen molar-refractivity contribution >= 4 is 18.0 Å². The molecule has 2 N–H and O–H groups in total. The molecule has 0 radical (unpaired) electrons. The third kappa shape index (κ3) is 4.73. The maximum atomic E-state index is 13.7. The lowest BCUT2D eigenvalue weighted by atomic mass is 9.74. The van der Waals surface area contributed by atoms with Crippen LogP contribution in [0, 0.1) is 11.8 Å². The number of hydrogen-bond donors (Lipinski definition) is 2. The number of ether oxygens (including phenoxy) is 2. The highest BCUT2D eigenvalue weighted by Crippen LogP contribution is 2.47. The fourth-order valence-corrected chi connectivity index (χ4v) is 6.46. The normalized spacial score (nSPS) is 22.0. The van der Waals surface area contributed by atoms with E-state index in [1.54, 1.807) is 11.8 Å². The maximum Gasteiger partial charge on any atom is 0.407 e. The van der Waals surface area contributed by atoms with Crippen molar-refractivity contribution in [3.8, 4) is 11.1 Å². The van der Waals surface area contributed by atoms with E-state index in [-0.39, 0.29) is 37.0 Å². The molecular weight excluding hydrogens is 508 g/mol. The van der Waals surface area contributed by atoms with Gasteiger partial charge in [0, 0.05) is 18.5 Å². The van der Waals surface area contributed by atoms with Crippen LogP contribution in [0.1, 0.15) is 36.0 Å². The van der Waals surface area contributed by atoms with Crippen LogP contribution in [-0.4, -0.2) is 59.3 Å². The van der Waals surface area contributed by atoms with Gasteiger partial charge in [0.1, 0.15) is 12.6 Å². The molecule has 5 unspecified atom stereocenters. The van der Waals surface area contributed by atoms with Gasteiger partial charge in [-0.1, -0.05) is 78.9 Å². The van der Waals surface area contributed by atoms with Crippen LogP contribution in [0.4, 0.5) is 4.79 Å². The van der Waals surface area contributed by atoms with Gasteiger partial charge in [-0.15, -0.1) is 0 Å². The van der Waals surface area contributed by atoms with Crippen molar-refractivity contribution in [2.75, 3.05) is 13.2 Å². The van der Waals surface area contributed by atoms with E-state index in [0.29, 0.717) is 13.0 Å². The molecule has 5 atom stereocenters. The van der Waals surface area contributed by atoms with Crippen molar-refractivity contribution in [3.05, 3.63) is 95.6 Å². The van der Waals surface area contributed by atoms with Crippen LogP contribution in [0.2, 0.25) is 0 Å². The molecule has 206 valence electrons. The van der Waals surface area contributed by atoms with Crippen molar-refractivity contribution in [1.29, 1.82) is 0 Å². The van der Waals surface area contributed by atoms with E-state index in [4.69, 9.17) is 9.47 Å². The Labute approximate surface area is 232 Å². The number of rotatable bonds is 9. The fourth-order valence-electron chi connectivity index (χ4n) is 6.46. The number of hydrogen-bond acceptors (Lipinski definition) is 5. The Balaban J connectivity index is 1.16. The number of carbonyl (C=O) groups is 3. The van der Waals surface area contributed by atoms with Crippen molar-refractivity contribution in [3.63, 3.8) is 0 Å². The molecule has 2 amide bonds. The summed E-state index contributed by atoms with van der Waals surface area (Å²) in [5.41, 5.74) is 5.39. The Kier molecular flexibility index (Phi) is 7.02. The summed E-state index contributed by atoms with van der Waals surface area (Å²) in [6.07, 6.45) is -0.717. The van der Waals surface area contributed by atoms with Gasteiger partial charge < -0.3 is 24.8 Å². The van der Waals surface area contributed by atoms with E-state index in [9.17, 15) is 19.5 Å². The molecule has 3 fully saturated rings. The van der Waals surface area contributed by atoms with Gasteiger partial charge in [0.25, 0.3) is 0 Å². The molecule has 1 saturated carbocycles. The summed E-state index contributed by atoms with van der Waals surface area (Å²) in [6.45, 7) is 2.50. The monoisotopic (exact) mass is 540 g/mol. The van der Waals surface area contributed by atoms with Crippen molar-refractivity contribution < 1.29 is 29.0 Å². The number of carbonyl (C=O) groups excluding carboxylic acids is 2. The number of aliphatic carboxylic acids is 1. The Hall–Kier alpha value is -4.17. The zero-order valence-electron chi connectivity index (χ0n) is 22.2. The summed E-state index contributed by atoms with van der Waals surface area (Å²) in [5.74, 6) is -1.95. The number of carboxylic acid groups (broad SMARTS) is 1. The van der Waals surface area contributed by atoms with Gasteiger partial charge >= 0.3 is 12.1 Å². The van der Waals surface area contributed by atoms with Crippen LogP contribution in [0.25, 0.3) is 11.1 Å². The number of fused-ring (bicyclic) bond motifs is 4. The standard InChI is InChI=1S/C32H32N2O6/c1-19(39-17-20-9-3-2-4-10-20)29(30(35)34-16-21-15-27(34)28(21)31(36)37)33-32(38)40-18-26-24-13-7-5-11-22(24)23-12-6-8-14-25(23)26/h2-14,19,21,26-29H,15-18H2,1H3,(H,33,38)(H,36,37). The highest BCUT2D eigenvalue weighted by atomic mass is 16.5. The molecule has 2 heterocycles.